The average molecular weight is 286 g/mol. The predicted molar refractivity (Wildman–Crippen MR) is 77.3 cm³/mol. The minimum atomic E-state index is 0.0139. The second-order valence-electron chi connectivity index (χ2n) is 5.15. The van der Waals surface area contributed by atoms with Crippen molar-refractivity contribution in [3.63, 3.8) is 0 Å². The molecule has 0 spiro atoms. The summed E-state index contributed by atoms with van der Waals surface area (Å²) in [6.07, 6.45) is 2.95. The molecule has 0 bridgehead atoms. The van der Waals surface area contributed by atoms with E-state index in [2.05, 4.69) is 10.3 Å². The van der Waals surface area contributed by atoms with Gasteiger partial charge in [-0.1, -0.05) is 23.4 Å². The highest BCUT2D eigenvalue weighted by Gasteiger charge is 2.25. The summed E-state index contributed by atoms with van der Waals surface area (Å²) in [5.74, 6) is 1.08. The second-order valence-corrected chi connectivity index (χ2v) is 5.15. The van der Waals surface area contributed by atoms with E-state index >= 15 is 0 Å². The predicted octanol–water partition coefficient (Wildman–Crippen LogP) is 1.38. The van der Waals surface area contributed by atoms with Gasteiger partial charge in [0.05, 0.1) is 19.3 Å². The molecule has 1 aromatic heterocycles. The van der Waals surface area contributed by atoms with Crippen molar-refractivity contribution < 1.29 is 9.53 Å². The summed E-state index contributed by atoms with van der Waals surface area (Å²) in [6, 6.07) is 7.89. The number of rotatable bonds is 5. The quantitative estimate of drug-likeness (QED) is 0.839. The molecule has 0 aliphatic carbocycles. The van der Waals surface area contributed by atoms with Crippen LogP contribution in [-0.2, 0) is 6.54 Å². The zero-order valence-electron chi connectivity index (χ0n) is 11.7. The summed E-state index contributed by atoms with van der Waals surface area (Å²) in [5.41, 5.74) is 6.97. The minimum Gasteiger partial charge on any atom is -0.493 e. The molecule has 2 heterocycles. The Balaban J connectivity index is 1.73. The average Bonchev–Trinajstić information content (AvgIpc) is 2.97. The maximum absolute atomic E-state index is 12.4. The number of hydrogen-bond acceptors (Lipinski definition) is 5. The fourth-order valence-electron chi connectivity index (χ4n) is 2.62. The lowest BCUT2D eigenvalue weighted by atomic mass is 9.88. The van der Waals surface area contributed by atoms with E-state index in [1.54, 1.807) is 10.9 Å². The van der Waals surface area contributed by atoms with Crippen molar-refractivity contribution in [1.82, 2.24) is 15.0 Å². The van der Waals surface area contributed by atoms with Gasteiger partial charge in [0.25, 0.3) is 0 Å². The fraction of sp³-hybridized carbons (Fsp3) is 0.400. The topological polar surface area (TPSA) is 83.0 Å². The molecule has 1 aliphatic heterocycles. The van der Waals surface area contributed by atoms with Crippen LogP contribution in [0.3, 0.4) is 0 Å². The molecular weight excluding hydrogens is 268 g/mol. The monoisotopic (exact) mass is 286 g/mol. The van der Waals surface area contributed by atoms with Gasteiger partial charge in [0.2, 0.25) is 0 Å². The van der Waals surface area contributed by atoms with Gasteiger partial charge in [0.15, 0.2) is 5.78 Å². The minimum absolute atomic E-state index is 0.0139. The van der Waals surface area contributed by atoms with Crippen LogP contribution in [-0.4, -0.2) is 33.9 Å². The molecule has 21 heavy (non-hydrogen) atoms. The SMILES string of the molecule is NCCn1cc(C(=O)CC2CCOc3ccccc32)nn1. The summed E-state index contributed by atoms with van der Waals surface area (Å²) in [7, 11) is 0. The number of Topliss-reactive ketones (excluding diaryl/α,β-unsaturated/α-hetero) is 1. The number of aromatic nitrogens is 3. The van der Waals surface area contributed by atoms with E-state index in [0.717, 1.165) is 17.7 Å². The van der Waals surface area contributed by atoms with E-state index in [-0.39, 0.29) is 11.7 Å². The summed E-state index contributed by atoms with van der Waals surface area (Å²) in [6.45, 7) is 1.69. The number of carbonyl (C=O) groups excluding carboxylic acids is 1. The standard InChI is InChI=1S/C15H18N4O2/c16-6-7-19-10-13(17-18-19)14(20)9-11-5-8-21-15-4-2-1-3-12(11)15/h1-4,10-11H,5-9,16H2. The smallest absolute Gasteiger partial charge is 0.185 e. The Morgan fingerprint density at radius 1 is 1.43 bits per heavy atom. The Labute approximate surface area is 122 Å². The van der Waals surface area contributed by atoms with E-state index in [1.165, 1.54) is 0 Å². The normalized spacial score (nSPS) is 17.1. The van der Waals surface area contributed by atoms with Gasteiger partial charge in [0.1, 0.15) is 11.4 Å². The van der Waals surface area contributed by atoms with Crippen molar-refractivity contribution in [1.29, 1.82) is 0 Å². The van der Waals surface area contributed by atoms with Crippen LogP contribution in [0.15, 0.2) is 30.5 Å². The first-order chi connectivity index (χ1) is 10.3. The van der Waals surface area contributed by atoms with Crippen molar-refractivity contribution in [2.24, 2.45) is 5.73 Å². The Kier molecular flexibility index (Phi) is 3.96. The molecular formula is C15H18N4O2. The first-order valence-corrected chi connectivity index (χ1v) is 7.13. The van der Waals surface area contributed by atoms with Gasteiger partial charge < -0.3 is 10.5 Å². The zero-order valence-corrected chi connectivity index (χ0v) is 11.7. The third-order valence-corrected chi connectivity index (χ3v) is 3.70. The third-order valence-electron chi connectivity index (χ3n) is 3.70. The second kappa shape index (κ2) is 6.05. The van der Waals surface area contributed by atoms with E-state index in [9.17, 15) is 4.79 Å². The molecule has 0 fully saturated rings. The number of nitrogens with zero attached hydrogens (tertiary/aromatic N) is 3. The molecule has 2 aromatic rings. The number of nitrogens with two attached hydrogens (primary N) is 1. The fourth-order valence-corrected chi connectivity index (χ4v) is 2.62. The van der Waals surface area contributed by atoms with Crippen LogP contribution in [0.2, 0.25) is 0 Å². The van der Waals surface area contributed by atoms with E-state index in [1.807, 2.05) is 24.3 Å². The summed E-state index contributed by atoms with van der Waals surface area (Å²) >= 11 is 0. The van der Waals surface area contributed by atoms with Crippen LogP contribution in [0, 0.1) is 0 Å². The largest absolute Gasteiger partial charge is 0.493 e. The van der Waals surface area contributed by atoms with Gasteiger partial charge in [0, 0.05) is 13.0 Å². The third kappa shape index (κ3) is 2.95. The molecule has 1 unspecified atom stereocenters. The van der Waals surface area contributed by atoms with Crippen molar-refractivity contribution in [2.75, 3.05) is 13.2 Å². The molecule has 0 amide bonds. The van der Waals surface area contributed by atoms with Crippen LogP contribution >= 0.6 is 0 Å². The van der Waals surface area contributed by atoms with Gasteiger partial charge in [-0.3, -0.25) is 9.48 Å². The highest BCUT2D eigenvalue weighted by Crippen LogP contribution is 2.35. The lowest BCUT2D eigenvalue weighted by molar-refractivity contribution is 0.0961. The van der Waals surface area contributed by atoms with E-state index in [0.29, 0.717) is 31.8 Å². The lowest BCUT2D eigenvalue weighted by Crippen LogP contribution is -2.17. The van der Waals surface area contributed by atoms with Crippen molar-refractivity contribution >= 4 is 5.78 Å². The van der Waals surface area contributed by atoms with Crippen LogP contribution in [0.4, 0.5) is 0 Å². The molecule has 6 nitrogen and oxygen atoms in total. The molecule has 3 rings (SSSR count). The first-order valence-electron chi connectivity index (χ1n) is 7.13. The maximum atomic E-state index is 12.4. The number of hydrogen-bond donors (Lipinski definition) is 1. The number of ketones is 1. The lowest BCUT2D eigenvalue weighted by Gasteiger charge is -2.25. The number of ether oxygens (including phenoxy) is 1. The molecule has 2 N–H and O–H groups in total. The summed E-state index contributed by atoms with van der Waals surface area (Å²) in [4.78, 5) is 12.4. The molecule has 1 aromatic carbocycles. The Morgan fingerprint density at radius 2 is 2.29 bits per heavy atom. The Bertz CT molecular complexity index is 638. The molecule has 110 valence electrons. The molecule has 0 saturated heterocycles. The first kappa shape index (κ1) is 13.8. The van der Waals surface area contributed by atoms with E-state index < -0.39 is 0 Å². The van der Waals surface area contributed by atoms with Crippen LogP contribution in [0.5, 0.6) is 5.75 Å². The highest BCUT2D eigenvalue weighted by molar-refractivity contribution is 5.94. The molecule has 1 atom stereocenters. The number of fused-ring (bicyclic) bond motifs is 1. The summed E-state index contributed by atoms with van der Waals surface area (Å²) in [5, 5.41) is 7.84. The van der Waals surface area contributed by atoms with Gasteiger partial charge in [-0.25, -0.2) is 0 Å². The van der Waals surface area contributed by atoms with Gasteiger partial charge >= 0.3 is 0 Å². The molecule has 1 aliphatic rings. The molecule has 0 saturated carbocycles. The number of carbonyl (C=O) groups is 1. The Morgan fingerprint density at radius 3 is 3.14 bits per heavy atom. The van der Waals surface area contributed by atoms with Gasteiger partial charge in [-0.15, -0.1) is 5.10 Å². The number of para-hydroxylation sites is 1. The Hall–Kier alpha value is -2.21. The van der Waals surface area contributed by atoms with Crippen molar-refractivity contribution in [2.45, 2.75) is 25.3 Å². The maximum Gasteiger partial charge on any atom is 0.185 e. The van der Waals surface area contributed by atoms with Crippen molar-refractivity contribution in [3.05, 3.63) is 41.7 Å². The molecule has 6 heteroatoms. The molecule has 0 radical (unpaired) electrons. The van der Waals surface area contributed by atoms with E-state index in [4.69, 9.17) is 10.5 Å². The zero-order chi connectivity index (χ0) is 14.7. The summed E-state index contributed by atoms with van der Waals surface area (Å²) < 4.78 is 7.22. The highest BCUT2D eigenvalue weighted by atomic mass is 16.5. The van der Waals surface area contributed by atoms with Gasteiger partial charge in [-0.05, 0) is 24.0 Å². The number of benzene rings is 1. The van der Waals surface area contributed by atoms with Crippen molar-refractivity contribution in [3.8, 4) is 5.75 Å². The van der Waals surface area contributed by atoms with Crippen LogP contribution in [0.25, 0.3) is 0 Å². The van der Waals surface area contributed by atoms with Gasteiger partial charge in [-0.2, -0.15) is 0 Å². The van der Waals surface area contributed by atoms with Crippen LogP contribution in [0.1, 0.15) is 34.8 Å². The van der Waals surface area contributed by atoms with Crippen LogP contribution < -0.4 is 10.5 Å².